The largest absolute Gasteiger partial charge is 0.493 e. The predicted molar refractivity (Wildman–Crippen MR) is 68.5 cm³/mol. The molecule has 1 aromatic carbocycles. The first-order valence-corrected chi connectivity index (χ1v) is 5.41. The van der Waals surface area contributed by atoms with Crippen molar-refractivity contribution >= 4 is 5.78 Å². The average Bonchev–Trinajstić information content (AvgIpc) is 2.42. The molecule has 4 nitrogen and oxygen atoms in total. The van der Waals surface area contributed by atoms with E-state index in [1.54, 1.807) is 19.1 Å². The Kier molecular flexibility index (Phi) is 5.06. The van der Waals surface area contributed by atoms with Gasteiger partial charge in [-0.2, -0.15) is 0 Å². The Morgan fingerprint density at radius 2 is 1.78 bits per heavy atom. The minimum Gasteiger partial charge on any atom is -0.493 e. The Labute approximate surface area is 107 Å². The quantitative estimate of drug-likeness (QED) is 0.592. The number of rotatable bonds is 5. The van der Waals surface area contributed by atoms with Gasteiger partial charge in [-0.15, -0.1) is 5.92 Å². The van der Waals surface area contributed by atoms with Crippen LogP contribution in [0.3, 0.4) is 0 Å². The van der Waals surface area contributed by atoms with Crippen molar-refractivity contribution in [2.45, 2.75) is 13.3 Å². The number of hydrogen-bond acceptors (Lipinski definition) is 4. The second-order valence-electron chi connectivity index (χ2n) is 3.41. The van der Waals surface area contributed by atoms with Crippen molar-refractivity contribution in [3.63, 3.8) is 0 Å². The summed E-state index contributed by atoms with van der Waals surface area (Å²) in [4.78, 5) is 12.0. The first-order valence-electron chi connectivity index (χ1n) is 5.41. The lowest BCUT2D eigenvalue weighted by Gasteiger charge is -2.14. The van der Waals surface area contributed by atoms with Crippen molar-refractivity contribution in [3.05, 3.63) is 17.7 Å². The van der Waals surface area contributed by atoms with Crippen molar-refractivity contribution < 1.29 is 19.0 Å². The summed E-state index contributed by atoms with van der Waals surface area (Å²) in [6.45, 7) is 1.69. The normalized spacial score (nSPS) is 9.11. The van der Waals surface area contributed by atoms with E-state index in [2.05, 4.69) is 11.8 Å². The van der Waals surface area contributed by atoms with E-state index in [-0.39, 0.29) is 12.2 Å². The third-order valence-electron chi connectivity index (χ3n) is 2.43. The molecule has 1 rings (SSSR count). The number of hydrogen-bond donors (Lipinski definition) is 0. The van der Waals surface area contributed by atoms with Crippen LogP contribution in [0.5, 0.6) is 17.2 Å². The molecule has 18 heavy (non-hydrogen) atoms. The van der Waals surface area contributed by atoms with Crippen LogP contribution in [0.15, 0.2) is 12.1 Å². The van der Waals surface area contributed by atoms with Crippen molar-refractivity contribution in [1.82, 2.24) is 0 Å². The zero-order valence-electron chi connectivity index (χ0n) is 11.0. The van der Waals surface area contributed by atoms with Crippen LogP contribution in [-0.4, -0.2) is 27.1 Å². The highest BCUT2D eigenvalue weighted by Gasteiger charge is 2.19. The molecular weight excluding hydrogens is 232 g/mol. The topological polar surface area (TPSA) is 44.8 Å². The molecule has 0 N–H and O–H groups in total. The summed E-state index contributed by atoms with van der Waals surface area (Å²) in [5, 5.41) is 0. The minimum atomic E-state index is -0.109. The smallest absolute Gasteiger partial charge is 0.204 e. The van der Waals surface area contributed by atoms with Gasteiger partial charge in [-0.25, -0.2) is 0 Å². The lowest BCUT2D eigenvalue weighted by atomic mass is 10.1. The maximum atomic E-state index is 12.0. The van der Waals surface area contributed by atoms with Crippen LogP contribution < -0.4 is 14.2 Å². The molecule has 0 aromatic heterocycles. The van der Waals surface area contributed by atoms with Crippen molar-refractivity contribution in [2.75, 3.05) is 21.3 Å². The van der Waals surface area contributed by atoms with E-state index in [0.29, 0.717) is 22.8 Å². The standard InChI is InChI=1S/C14H16O4/c1-5-6-7-11(15)10-8-9-12(16-2)14(18-4)13(10)17-3/h8-9H,7H2,1-4H3. The SMILES string of the molecule is CC#CCC(=O)c1ccc(OC)c(OC)c1OC. The first-order chi connectivity index (χ1) is 8.69. The fourth-order valence-electron chi connectivity index (χ4n) is 1.58. The number of benzene rings is 1. The molecule has 0 aliphatic carbocycles. The van der Waals surface area contributed by atoms with Crippen LogP contribution in [0, 0.1) is 11.8 Å². The Morgan fingerprint density at radius 1 is 1.11 bits per heavy atom. The highest BCUT2D eigenvalue weighted by Crippen LogP contribution is 2.40. The third kappa shape index (κ3) is 2.75. The average molecular weight is 248 g/mol. The highest BCUT2D eigenvalue weighted by molar-refractivity contribution is 6.01. The Bertz CT molecular complexity index is 494. The summed E-state index contributed by atoms with van der Waals surface area (Å²) in [7, 11) is 4.52. The number of carbonyl (C=O) groups is 1. The third-order valence-corrected chi connectivity index (χ3v) is 2.43. The van der Waals surface area contributed by atoms with E-state index in [9.17, 15) is 4.79 Å². The van der Waals surface area contributed by atoms with Gasteiger partial charge < -0.3 is 14.2 Å². The zero-order chi connectivity index (χ0) is 13.5. The van der Waals surface area contributed by atoms with Gasteiger partial charge in [0.1, 0.15) is 0 Å². The molecule has 0 saturated carbocycles. The molecule has 0 amide bonds. The summed E-state index contributed by atoms with van der Waals surface area (Å²) in [6, 6.07) is 3.33. The van der Waals surface area contributed by atoms with Gasteiger partial charge in [0, 0.05) is 0 Å². The van der Waals surface area contributed by atoms with Crippen LogP contribution in [-0.2, 0) is 0 Å². The van der Waals surface area contributed by atoms with E-state index < -0.39 is 0 Å². The first kappa shape index (κ1) is 13.9. The molecule has 0 unspecified atom stereocenters. The fourth-order valence-corrected chi connectivity index (χ4v) is 1.58. The molecular formula is C14H16O4. The van der Waals surface area contributed by atoms with E-state index in [0.717, 1.165) is 0 Å². The summed E-state index contributed by atoms with van der Waals surface area (Å²) in [5.41, 5.74) is 0.443. The van der Waals surface area contributed by atoms with Gasteiger partial charge in [-0.05, 0) is 19.1 Å². The van der Waals surface area contributed by atoms with E-state index >= 15 is 0 Å². The van der Waals surface area contributed by atoms with Gasteiger partial charge in [0.25, 0.3) is 0 Å². The van der Waals surface area contributed by atoms with Crippen molar-refractivity contribution in [2.24, 2.45) is 0 Å². The number of ketones is 1. The van der Waals surface area contributed by atoms with Gasteiger partial charge in [-0.1, -0.05) is 5.92 Å². The molecule has 0 heterocycles. The van der Waals surface area contributed by atoms with E-state index in [1.165, 1.54) is 21.3 Å². The summed E-state index contributed by atoms with van der Waals surface area (Å²) in [5.74, 6) is 6.62. The Balaban J connectivity index is 3.27. The number of methoxy groups -OCH3 is 3. The van der Waals surface area contributed by atoms with Crippen LogP contribution in [0.2, 0.25) is 0 Å². The Morgan fingerprint density at radius 3 is 2.28 bits per heavy atom. The lowest BCUT2D eigenvalue weighted by molar-refractivity contribution is 0.0994. The van der Waals surface area contributed by atoms with Gasteiger partial charge >= 0.3 is 0 Å². The van der Waals surface area contributed by atoms with Crippen LogP contribution >= 0.6 is 0 Å². The molecule has 96 valence electrons. The van der Waals surface area contributed by atoms with Gasteiger partial charge in [-0.3, -0.25) is 4.79 Å². The van der Waals surface area contributed by atoms with E-state index in [1.807, 2.05) is 0 Å². The molecule has 4 heteroatoms. The van der Waals surface area contributed by atoms with Crippen molar-refractivity contribution in [3.8, 4) is 29.1 Å². The molecule has 0 bridgehead atoms. The summed E-state index contributed by atoms with van der Waals surface area (Å²) in [6.07, 6.45) is 0.155. The molecule has 0 saturated heterocycles. The lowest BCUT2D eigenvalue weighted by Crippen LogP contribution is -2.04. The molecule has 1 aromatic rings. The van der Waals surface area contributed by atoms with Crippen LogP contribution in [0.4, 0.5) is 0 Å². The zero-order valence-corrected chi connectivity index (χ0v) is 11.0. The number of Topliss-reactive ketones (excluding diaryl/α,β-unsaturated/α-hetero) is 1. The molecule has 0 aliphatic heterocycles. The minimum absolute atomic E-state index is 0.109. The molecule has 0 radical (unpaired) electrons. The fraction of sp³-hybridized carbons (Fsp3) is 0.357. The van der Waals surface area contributed by atoms with Gasteiger partial charge in [0.2, 0.25) is 5.75 Å². The maximum absolute atomic E-state index is 12.0. The second kappa shape index (κ2) is 6.55. The Hall–Kier alpha value is -2.15. The number of ether oxygens (including phenoxy) is 3. The predicted octanol–water partition coefficient (Wildman–Crippen LogP) is 2.31. The summed E-state index contributed by atoms with van der Waals surface area (Å²) >= 11 is 0. The van der Waals surface area contributed by atoms with Gasteiger partial charge in [0.15, 0.2) is 17.3 Å². The van der Waals surface area contributed by atoms with E-state index in [4.69, 9.17) is 14.2 Å². The monoisotopic (exact) mass is 248 g/mol. The molecule has 0 spiro atoms. The van der Waals surface area contributed by atoms with Crippen LogP contribution in [0.25, 0.3) is 0 Å². The molecule has 0 atom stereocenters. The van der Waals surface area contributed by atoms with Gasteiger partial charge in [0.05, 0.1) is 33.3 Å². The molecule has 0 aliphatic rings. The van der Waals surface area contributed by atoms with Crippen LogP contribution in [0.1, 0.15) is 23.7 Å². The highest BCUT2D eigenvalue weighted by atomic mass is 16.5. The summed E-state index contributed by atoms with van der Waals surface area (Å²) < 4.78 is 15.6. The number of carbonyl (C=O) groups excluding carboxylic acids is 1. The molecule has 0 fully saturated rings. The second-order valence-corrected chi connectivity index (χ2v) is 3.41. The van der Waals surface area contributed by atoms with Crippen molar-refractivity contribution in [1.29, 1.82) is 0 Å². The maximum Gasteiger partial charge on any atom is 0.204 e.